The van der Waals surface area contributed by atoms with E-state index in [-0.39, 0.29) is 22.9 Å². The summed E-state index contributed by atoms with van der Waals surface area (Å²) in [6, 6.07) is 2.09. The van der Waals surface area contributed by atoms with Crippen molar-refractivity contribution < 1.29 is 14.7 Å². The average molecular weight is 192 g/mol. The Morgan fingerprint density at radius 2 is 2.17 bits per heavy atom. The van der Waals surface area contributed by atoms with Crippen molar-refractivity contribution in [2.45, 2.75) is 6.54 Å². The topological polar surface area (TPSA) is 52.5 Å². The van der Waals surface area contributed by atoms with Crippen molar-refractivity contribution in [3.05, 3.63) is 28.5 Å². The maximum atomic E-state index is 12.6. The third kappa shape index (κ3) is 1.85. The van der Waals surface area contributed by atoms with Crippen molar-refractivity contribution >= 4 is 11.6 Å². The minimum atomic E-state index is -0.553. The molecule has 3 nitrogen and oxygen atoms in total. The molecule has 0 aromatic heterocycles. The molecule has 5 heteroatoms. The molecule has 0 radical (unpaired) electrons. The van der Waals surface area contributed by atoms with E-state index in [1.165, 1.54) is 0 Å². The fraction of sp³-hybridized carbons (Fsp3) is 0.143. The molecule has 0 spiro atoms. The second kappa shape index (κ2) is 3.71. The van der Waals surface area contributed by atoms with E-state index < -0.39 is 5.82 Å². The zero-order chi connectivity index (χ0) is 9.14. The van der Waals surface area contributed by atoms with Crippen LogP contribution in [0.25, 0.3) is 0 Å². The van der Waals surface area contributed by atoms with Crippen LogP contribution in [0, 0.1) is 5.82 Å². The molecule has 0 aliphatic carbocycles. The molecule has 0 unspecified atom stereocenters. The molecule has 0 heterocycles. The molecule has 0 saturated carbocycles. The van der Waals surface area contributed by atoms with Crippen LogP contribution in [-0.2, 0) is 6.54 Å². The maximum Gasteiger partial charge on any atom is 0.138 e. The largest absolute Gasteiger partial charge is 0.506 e. The number of phenols is 1. The molecule has 0 fully saturated rings. The number of nitrogens with one attached hydrogen (secondary N) is 1. The van der Waals surface area contributed by atoms with Crippen molar-refractivity contribution in [3.63, 3.8) is 0 Å². The number of benzene rings is 1. The van der Waals surface area contributed by atoms with E-state index in [0.717, 1.165) is 12.1 Å². The van der Waals surface area contributed by atoms with Crippen molar-refractivity contribution in [2.75, 3.05) is 0 Å². The van der Waals surface area contributed by atoms with E-state index in [9.17, 15) is 9.50 Å². The van der Waals surface area contributed by atoms with Gasteiger partial charge in [0.1, 0.15) is 11.6 Å². The summed E-state index contributed by atoms with van der Waals surface area (Å²) in [6.07, 6.45) is 0. The summed E-state index contributed by atoms with van der Waals surface area (Å²) >= 11 is 5.46. The summed E-state index contributed by atoms with van der Waals surface area (Å²) in [5.74, 6) is -0.775. The monoisotopic (exact) mass is 191 g/mol. The van der Waals surface area contributed by atoms with E-state index in [0.29, 0.717) is 0 Å². The van der Waals surface area contributed by atoms with Crippen LogP contribution < -0.4 is 5.48 Å². The zero-order valence-electron chi connectivity index (χ0n) is 6.01. The lowest BCUT2D eigenvalue weighted by Gasteiger charge is -2.04. The second-order valence-electron chi connectivity index (χ2n) is 2.23. The van der Waals surface area contributed by atoms with Crippen LogP contribution in [0.4, 0.5) is 4.39 Å². The second-order valence-corrected chi connectivity index (χ2v) is 2.64. The first-order valence-corrected chi connectivity index (χ1v) is 3.56. The Morgan fingerprint density at radius 1 is 1.50 bits per heavy atom. The molecule has 0 saturated heterocycles. The van der Waals surface area contributed by atoms with Gasteiger partial charge in [0.25, 0.3) is 0 Å². The van der Waals surface area contributed by atoms with Gasteiger partial charge in [-0.3, -0.25) is 0 Å². The number of aromatic hydroxyl groups is 1. The molecular formula is C7H7ClFNO2. The number of hydroxylamine groups is 1. The Hall–Kier alpha value is -0.840. The molecule has 66 valence electrons. The lowest BCUT2D eigenvalue weighted by Crippen LogP contribution is -2.06. The number of phenolic OH excluding ortho intramolecular Hbond substituents is 1. The van der Waals surface area contributed by atoms with Gasteiger partial charge in [-0.05, 0) is 12.1 Å². The van der Waals surface area contributed by atoms with Crippen molar-refractivity contribution in [3.8, 4) is 5.75 Å². The summed E-state index contributed by atoms with van der Waals surface area (Å²) in [6.45, 7) is -0.0523. The SMILES string of the molecule is ONCc1cc(F)cc(Cl)c1O. The highest BCUT2D eigenvalue weighted by atomic mass is 35.5. The van der Waals surface area contributed by atoms with Crippen LogP contribution in [0.2, 0.25) is 5.02 Å². The summed E-state index contributed by atoms with van der Waals surface area (Å²) in [5, 5.41) is 17.4. The van der Waals surface area contributed by atoms with Crippen LogP contribution in [0.3, 0.4) is 0 Å². The van der Waals surface area contributed by atoms with Crippen LogP contribution >= 0.6 is 11.6 Å². The zero-order valence-corrected chi connectivity index (χ0v) is 6.77. The molecule has 0 aliphatic rings. The first-order chi connectivity index (χ1) is 5.65. The third-order valence-corrected chi connectivity index (χ3v) is 1.66. The van der Waals surface area contributed by atoms with Crippen molar-refractivity contribution in [1.82, 2.24) is 5.48 Å². The van der Waals surface area contributed by atoms with E-state index in [1.54, 1.807) is 5.48 Å². The molecule has 3 N–H and O–H groups in total. The van der Waals surface area contributed by atoms with Gasteiger partial charge in [-0.25, -0.2) is 9.87 Å². The summed E-state index contributed by atoms with van der Waals surface area (Å²) < 4.78 is 12.6. The standard InChI is InChI=1S/C7H7ClFNO2/c8-6-2-5(9)1-4(3-10-12)7(6)11/h1-2,10-12H,3H2. The fourth-order valence-corrected chi connectivity index (χ4v) is 1.06. The maximum absolute atomic E-state index is 12.6. The van der Waals surface area contributed by atoms with Crippen molar-refractivity contribution in [2.24, 2.45) is 0 Å². The number of rotatable bonds is 2. The normalized spacial score (nSPS) is 10.2. The van der Waals surface area contributed by atoms with Gasteiger partial charge in [-0.2, -0.15) is 0 Å². The lowest BCUT2D eigenvalue weighted by atomic mass is 10.2. The average Bonchev–Trinajstić information content (AvgIpc) is 2.00. The fourth-order valence-electron chi connectivity index (χ4n) is 0.839. The van der Waals surface area contributed by atoms with Gasteiger partial charge in [0.05, 0.1) is 5.02 Å². The Morgan fingerprint density at radius 3 is 2.75 bits per heavy atom. The van der Waals surface area contributed by atoms with Gasteiger partial charge >= 0.3 is 0 Å². The molecule has 1 aromatic rings. The highest BCUT2D eigenvalue weighted by Gasteiger charge is 2.07. The first-order valence-electron chi connectivity index (χ1n) is 3.19. The van der Waals surface area contributed by atoms with Crippen LogP contribution in [-0.4, -0.2) is 10.3 Å². The highest BCUT2D eigenvalue weighted by molar-refractivity contribution is 6.32. The predicted octanol–water partition coefficient (Wildman–Crippen LogP) is 1.66. The predicted molar refractivity (Wildman–Crippen MR) is 41.7 cm³/mol. The molecule has 1 aromatic carbocycles. The Balaban J connectivity index is 3.09. The molecule has 0 bridgehead atoms. The quantitative estimate of drug-likeness (QED) is 0.624. The minimum absolute atomic E-state index is 0.0523. The van der Waals surface area contributed by atoms with Crippen LogP contribution in [0.5, 0.6) is 5.75 Å². The van der Waals surface area contributed by atoms with Crippen LogP contribution in [0.1, 0.15) is 5.56 Å². The van der Waals surface area contributed by atoms with Gasteiger partial charge in [-0.1, -0.05) is 11.6 Å². The summed E-state index contributed by atoms with van der Waals surface area (Å²) in [5.41, 5.74) is 2.00. The number of halogens is 2. The van der Waals surface area contributed by atoms with E-state index in [2.05, 4.69) is 0 Å². The van der Waals surface area contributed by atoms with E-state index in [1.807, 2.05) is 0 Å². The van der Waals surface area contributed by atoms with E-state index in [4.69, 9.17) is 16.8 Å². The Kier molecular flexibility index (Phi) is 2.86. The van der Waals surface area contributed by atoms with Gasteiger partial charge in [0.15, 0.2) is 0 Å². The summed E-state index contributed by atoms with van der Waals surface area (Å²) in [7, 11) is 0. The summed E-state index contributed by atoms with van der Waals surface area (Å²) in [4.78, 5) is 0. The van der Waals surface area contributed by atoms with Crippen LogP contribution in [0.15, 0.2) is 12.1 Å². The third-order valence-electron chi connectivity index (χ3n) is 1.38. The molecule has 0 amide bonds. The molecule has 12 heavy (non-hydrogen) atoms. The Bertz CT molecular complexity index is 293. The molecule has 0 aliphatic heterocycles. The van der Waals surface area contributed by atoms with Gasteiger partial charge in [0, 0.05) is 12.1 Å². The molecule has 1 rings (SSSR count). The van der Waals surface area contributed by atoms with Gasteiger partial charge in [0.2, 0.25) is 0 Å². The van der Waals surface area contributed by atoms with Crippen molar-refractivity contribution in [1.29, 1.82) is 0 Å². The van der Waals surface area contributed by atoms with E-state index >= 15 is 0 Å². The number of hydrogen-bond acceptors (Lipinski definition) is 3. The number of hydrogen-bond donors (Lipinski definition) is 3. The lowest BCUT2D eigenvalue weighted by molar-refractivity contribution is 0.160. The highest BCUT2D eigenvalue weighted by Crippen LogP contribution is 2.28. The first kappa shape index (κ1) is 9.25. The molecular weight excluding hydrogens is 185 g/mol. The molecule has 0 atom stereocenters. The Labute approximate surface area is 73.4 Å². The van der Waals surface area contributed by atoms with Gasteiger partial charge in [-0.15, -0.1) is 0 Å². The smallest absolute Gasteiger partial charge is 0.138 e. The van der Waals surface area contributed by atoms with Gasteiger partial charge < -0.3 is 10.3 Å². The minimum Gasteiger partial charge on any atom is -0.506 e.